The number of H-pyrrole nitrogens is 1. The Balaban J connectivity index is 1.92. The Bertz CT molecular complexity index is 1060. The molecule has 156 valence electrons. The summed E-state index contributed by atoms with van der Waals surface area (Å²) in [5, 5.41) is 15.4. The van der Waals surface area contributed by atoms with Crippen LogP contribution in [0.25, 0.3) is 0 Å². The smallest absolute Gasteiger partial charge is 0.359 e. The highest BCUT2D eigenvalue weighted by molar-refractivity contribution is 5.96. The number of nitrogen functional groups attached to an aromatic ring is 1. The Hall–Kier alpha value is -4.22. The molecule has 3 rings (SSSR count). The molecule has 0 aromatic carbocycles. The van der Waals surface area contributed by atoms with Gasteiger partial charge in [0.25, 0.3) is 0 Å². The van der Waals surface area contributed by atoms with Crippen molar-refractivity contribution < 1.29 is 14.3 Å². The van der Waals surface area contributed by atoms with E-state index in [9.17, 15) is 9.59 Å². The summed E-state index contributed by atoms with van der Waals surface area (Å²) in [5.41, 5.74) is 7.39. The van der Waals surface area contributed by atoms with Crippen LogP contribution in [-0.2, 0) is 9.53 Å². The number of carbonyl (C=O) groups is 2. The number of esters is 1. The van der Waals surface area contributed by atoms with Gasteiger partial charge < -0.3 is 26.4 Å². The third-order valence-corrected chi connectivity index (χ3v) is 3.69. The Morgan fingerprint density at radius 3 is 2.60 bits per heavy atom. The first kappa shape index (κ1) is 20.5. The molecule has 0 radical (unpaired) electrons. The van der Waals surface area contributed by atoms with Gasteiger partial charge in [-0.15, -0.1) is 0 Å². The molecular formula is C18H21N9O3. The quantitative estimate of drug-likeness (QED) is 0.362. The molecule has 30 heavy (non-hydrogen) atoms. The molecule has 6 N–H and O–H groups in total. The highest BCUT2D eigenvalue weighted by Crippen LogP contribution is 2.26. The molecule has 0 aliphatic carbocycles. The number of carbonyl (C=O) groups excluding carboxylic acids is 2. The van der Waals surface area contributed by atoms with Crippen LogP contribution in [0.1, 0.15) is 30.0 Å². The fourth-order valence-corrected chi connectivity index (χ4v) is 2.43. The van der Waals surface area contributed by atoms with Crippen LogP contribution >= 0.6 is 0 Å². The fraction of sp³-hybridized carbons (Fsp3) is 0.222. The number of ether oxygens (including phenoxy) is 1. The van der Waals surface area contributed by atoms with Gasteiger partial charge in [-0.1, -0.05) is 0 Å². The van der Waals surface area contributed by atoms with E-state index in [1.54, 1.807) is 25.1 Å². The Kier molecular flexibility index (Phi) is 6.05. The predicted molar refractivity (Wildman–Crippen MR) is 111 cm³/mol. The van der Waals surface area contributed by atoms with E-state index < -0.39 is 5.97 Å². The van der Waals surface area contributed by atoms with Gasteiger partial charge in [0.15, 0.2) is 17.3 Å². The van der Waals surface area contributed by atoms with Crippen LogP contribution in [0.15, 0.2) is 24.4 Å². The summed E-state index contributed by atoms with van der Waals surface area (Å²) in [4.78, 5) is 36.0. The molecule has 0 unspecified atom stereocenters. The zero-order valence-corrected chi connectivity index (χ0v) is 16.6. The minimum Gasteiger partial charge on any atom is -0.461 e. The number of amides is 1. The highest BCUT2D eigenvalue weighted by Gasteiger charge is 2.20. The van der Waals surface area contributed by atoms with E-state index in [0.29, 0.717) is 17.3 Å². The van der Waals surface area contributed by atoms with Crippen molar-refractivity contribution in [3.05, 3.63) is 35.8 Å². The number of nitrogens with two attached hydrogens (primary N) is 1. The Morgan fingerprint density at radius 2 is 2.00 bits per heavy atom. The standard InChI is InChI=1S/C18H21N9O3/c1-4-30-17(29)15-14(19)16(23-13-7-9(2)26-27-13)25-18(24-15)22-11-5-6-12(20-8-11)21-10(3)28/h5-8H,4,19H2,1-3H3,(H,20,21,28)(H3,22,23,24,25,26,27). The first-order valence-corrected chi connectivity index (χ1v) is 9.00. The number of anilines is 6. The molecular weight excluding hydrogens is 390 g/mol. The van der Waals surface area contributed by atoms with E-state index in [1.165, 1.54) is 13.1 Å². The lowest BCUT2D eigenvalue weighted by molar-refractivity contribution is -0.114. The highest BCUT2D eigenvalue weighted by atomic mass is 16.5. The van der Waals surface area contributed by atoms with Crippen molar-refractivity contribution in [2.24, 2.45) is 0 Å². The second-order valence-electron chi connectivity index (χ2n) is 6.18. The third-order valence-electron chi connectivity index (χ3n) is 3.69. The van der Waals surface area contributed by atoms with Crippen molar-refractivity contribution in [2.75, 3.05) is 28.3 Å². The average molecular weight is 411 g/mol. The lowest BCUT2D eigenvalue weighted by atomic mass is 10.3. The summed E-state index contributed by atoms with van der Waals surface area (Å²) in [6.07, 6.45) is 1.49. The minimum absolute atomic E-state index is 0.0267. The van der Waals surface area contributed by atoms with Gasteiger partial charge in [0.2, 0.25) is 11.9 Å². The van der Waals surface area contributed by atoms with Crippen LogP contribution in [0.2, 0.25) is 0 Å². The first-order chi connectivity index (χ1) is 14.4. The van der Waals surface area contributed by atoms with E-state index in [4.69, 9.17) is 10.5 Å². The van der Waals surface area contributed by atoms with Crippen molar-refractivity contribution >= 4 is 46.7 Å². The normalized spacial score (nSPS) is 10.4. The lowest BCUT2D eigenvalue weighted by Gasteiger charge is -2.13. The molecule has 3 heterocycles. The van der Waals surface area contributed by atoms with Crippen molar-refractivity contribution in [3.63, 3.8) is 0 Å². The molecule has 12 heteroatoms. The second kappa shape index (κ2) is 8.86. The van der Waals surface area contributed by atoms with E-state index in [1.807, 2.05) is 6.92 Å². The molecule has 1 amide bonds. The number of rotatable bonds is 7. The van der Waals surface area contributed by atoms with Gasteiger partial charge in [-0.3, -0.25) is 9.89 Å². The fourth-order valence-electron chi connectivity index (χ4n) is 2.43. The SMILES string of the molecule is CCOC(=O)c1nc(Nc2ccc(NC(C)=O)nc2)nc(Nc2cc(C)[nH]n2)c1N. The van der Waals surface area contributed by atoms with E-state index in [0.717, 1.165) is 5.69 Å². The molecule has 0 atom stereocenters. The molecule has 0 bridgehead atoms. The predicted octanol–water partition coefficient (Wildman–Crippen LogP) is 2.11. The molecule has 0 aliphatic rings. The van der Waals surface area contributed by atoms with Gasteiger partial charge in [-0.2, -0.15) is 10.1 Å². The summed E-state index contributed by atoms with van der Waals surface area (Å²) >= 11 is 0. The monoisotopic (exact) mass is 411 g/mol. The molecule has 12 nitrogen and oxygen atoms in total. The van der Waals surface area contributed by atoms with Crippen LogP contribution in [0.4, 0.5) is 34.8 Å². The molecule has 0 saturated carbocycles. The maximum absolute atomic E-state index is 12.3. The van der Waals surface area contributed by atoms with Crippen LogP contribution in [0, 0.1) is 6.92 Å². The summed E-state index contributed by atoms with van der Waals surface area (Å²) in [5.74, 6) is 0.241. The maximum Gasteiger partial charge on any atom is 0.359 e. The number of aromatic amines is 1. The van der Waals surface area contributed by atoms with E-state index in [2.05, 4.69) is 41.1 Å². The van der Waals surface area contributed by atoms with Gasteiger partial charge in [-0.25, -0.2) is 14.8 Å². The van der Waals surface area contributed by atoms with E-state index in [-0.39, 0.29) is 35.7 Å². The average Bonchev–Trinajstić information content (AvgIpc) is 3.10. The number of nitrogens with zero attached hydrogens (tertiary/aromatic N) is 4. The number of hydrogen-bond acceptors (Lipinski definition) is 10. The number of aromatic nitrogens is 5. The minimum atomic E-state index is -0.680. The first-order valence-electron chi connectivity index (χ1n) is 9.00. The topological polar surface area (TPSA) is 173 Å². The summed E-state index contributed by atoms with van der Waals surface area (Å²) < 4.78 is 5.04. The van der Waals surface area contributed by atoms with Crippen LogP contribution in [0.3, 0.4) is 0 Å². The van der Waals surface area contributed by atoms with Crippen molar-refractivity contribution in [1.29, 1.82) is 0 Å². The molecule has 3 aromatic heterocycles. The second-order valence-corrected chi connectivity index (χ2v) is 6.18. The van der Waals surface area contributed by atoms with Crippen LogP contribution in [0.5, 0.6) is 0 Å². The number of nitrogens with one attached hydrogen (secondary N) is 4. The van der Waals surface area contributed by atoms with Crippen molar-refractivity contribution in [2.45, 2.75) is 20.8 Å². The van der Waals surface area contributed by atoms with Crippen molar-refractivity contribution in [3.8, 4) is 0 Å². The van der Waals surface area contributed by atoms with Crippen LogP contribution < -0.4 is 21.7 Å². The summed E-state index contributed by atoms with van der Waals surface area (Å²) in [6.45, 7) is 5.09. The lowest BCUT2D eigenvalue weighted by Crippen LogP contribution is -2.15. The summed E-state index contributed by atoms with van der Waals surface area (Å²) in [7, 11) is 0. The number of pyridine rings is 1. The largest absolute Gasteiger partial charge is 0.461 e. The van der Waals surface area contributed by atoms with Gasteiger partial charge in [0, 0.05) is 18.7 Å². The van der Waals surface area contributed by atoms with Gasteiger partial charge in [0.05, 0.1) is 18.5 Å². The van der Waals surface area contributed by atoms with Gasteiger partial charge in [0.1, 0.15) is 11.5 Å². The maximum atomic E-state index is 12.3. The third kappa shape index (κ3) is 4.98. The zero-order chi connectivity index (χ0) is 21.7. The molecule has 0 spiro atoms. The molecule has 0 fully saturated rings. The Labute approximate surface area is 171 Å². The zero-order valence-electron chi connectivity index (χ0n) is 16.6. The number of aryl methyl sites for hydroxylation is 1. The van der Waals surface area contributed by atoms with Gasteiger partial charge >= 0.3 is 5.97 Å². The number of hydrogen-bond donors (Lipinski definition) is 5. The van der Waals surface area contributed by atoms with E-state index >= 15 is 0 Å². The molecule has 3 aromatic rings. The Morgan fingerprint density at radius 1 is 1.20 bits per heavy atom. The van der Waals surface area contributed by atoms with Crippen LogP contribution in [-0.4, -0.2) is 43.6 Å². The summed E-state index contributed by atoms with van der Waals surface area (Å²) in [6, 6.07) is 5.04. The van der Waals surface area contributed by atoms with Gasteiger partial charge in [-0.05, 0) is 26.0 Å². The molecule has 0 saturated heterocycles. The van der Waals surface area contributed by atoms with Crippen molar-refractivity contribution in [1.82, 2.24) is 25.1 Å². The molecule has 0 aliphatic heterocycles.